The van der Waals surface area contributed by atoms with Gasteiger partial charge in [0.1, 0.15) is 5.82 Å². The van der Waals surface area contributed by atoms with Gasteiger partial charge < -0.3 is 5.73 Å². The van der Waals surface area contributed by atoms with Crippen LogP contribution < -0.4 is 5.73 Å². The predicted molar refractivity (Wildman–Crippen MR) is 55.8 cm³/mol. The Balaban J connectivity index is 2.25. The zero-order chi connectivity index (χ0) is 10.1. The fourth-order valence-electron chi connectivity index (χ4n) is 1.78. The smallest absolute Gasteiger partial charge is 0.129 e. The van der Waals surface area contributed by atoms with E-state index in [9.17, 15) is 0 Å². The van der Waals surface area contributed by atoms with E-state index in [-0.39, 0.29) is 0 Å². The molecule has 0 aliphatic heterocycles. The highest BCUT2D eigenvalue weighted by molar-refractivity contribution is 5.24. The van der Waals surface area contributed by atoms with Crippen molar-refractivity contribution < 1.29 is 0 Å². The molecule has 1 aliphatic rings. The van der Waals surface area contributed by atoms with Gasteiger partial charge in [0, 0.05) is 29.9 Å². The van der Waals surface area contributed by atoms with Crippen molar-refractivity contribution in [3.63, 3.8) is 0 Å². The first-order valence-electron chi connectivity index (χ1n) is 5.23. The number of hydrogen-bond acceptors (Lipinski definition) is 3. The summed E-state index contributed by atoms with van der Waals surface area (Å²) in [5.41, 5.74) is 8.84. The molecule has 2 N–H and O–H groups in total. The molecule has 0 aromatic carbocycles. The largest absolute Gasteiger partial charge is 0.326 e. The maximum absolute atomic E-state index is 5.64. The summed E-state index contributed by atoms with van der Waals surface area (Å²) in [6.07, 6.45) is 3.74. The molecule has 1 aromatic heterocycles. The highest BCUT2D eigenvalue weighted by Gasteiger charge is 2.23. The minimum atomic E-state index is 0.543. The molecule has 1 aliphatic carbocycles. The van der Waals surface area contributed by atoms with Crippen LogP contribution in [0.1, 0.15) is 35.6 Å². The summed E-state index contributed by atoms with van der Waals surface area (Å²) in [4.78, 5) is 8.99. The summed E-state index contributed by atoms with van der Waals surface area (Å²) in [6, 6.07) is 0. The van der Waals surface area contributed by atoms with Gasteiger partial charge in [-0.1, -0.05) is 0 Å². The van der Waals surface area contributed by atoms with Crippen molar-refractivity contribution in [1.82, 2.24) is 9.97 Å². The highest BCUT2D eigenvalue weighted by atomic mass is 14.9. The SMILES string of the molecule is Cc1nc(CC2CC2)nc(C)c1CN. The van der Waals surface area contributed by atoms with E-state index in [1.165, 1.54) is 12.8 Å². The third-order valence-corrected chi connectivity index (χ3v) is 2.84. The topological polar surface area (TPSA) is 51.8 Å². The van der Waals surface area contributed by atoms with E-state index in [1.807, 2.05) is 13.8 Å². The van der Waals surface area contributed by atoms with Gasteiger partial charge in [-0.25, -0.2) is 9.97 Å². The monoisotopic (exact) mass is 191 g/mol. The van der Waals surface area contributed by atoms with Crippen LogP contribution in [-0.4, -0.2) is 9.97 Å². The van der Waals surface area contributed by atoms with Crippen LogP contribution in [-0.2, 0) is 13.0 Å². The standard InChI is InChI=1S/C11H17N3/c1-7-10(6-12)8(2)14-11(13-7)5-9-3-4-9/h9H,3-6,12H2,1-2H3. The van der Waals surface area contributed by atoms with Crippen LogP contribution in [0.4, 0.5) is 0 Å². The van der Waals surface area contributed by atoms with Gasteiger partial charge in [0.25, 0.3) is 0 Å². The molecule has 1 aromatic rings. The normalized spacial score (nSPS) is 15.9. The second-order valence-electron chi connectivity index (χ2n) is 4.14. The van der Waals surface area contributed by atoms with Gasteiger partial charge in [-0.2, -0.15) is 0 Å². The number of hydrogen-bond donors (Lipinski definition) is 1. The summed E-state index contributed by atoms with van der Waals surface area (Å²) < 4.78 is 0. The minimum Gasteiger partial charge on any atom is -0.326 e. The minimum absolute atomic E-state index is 0.543. The number of nitrogens with zero attached hydrogens (tertiary/aromatic N) is 2. The van der Waals surface area contributed by atoms with Crippen LogP contribution in [0.5, 0.6) is 0 Å². The molecule has 1 saturated carbocycles. The van der Waals surface area contributed by atoms with Crippen molar-refractivity contribution >= 4 is 0 Å². The highest BCUT2D eigenvalue weighted by Crippen LogP contribution is 2.31. The molecule has 3 nitrogen and oxygen atoms in total. The van der Waals surface area contributed by atoms with Crippen molar-refractivity contribution in [3.05, 3.63) is 22.8 Å². The third kappa shape index (κ3) is 1.93. The number of aromatic nitrogens is 2. The van der Waals surface area contributed by atoms with Crippen LogP contribution in [0.2, 0.25) is 0 Å². The summed E-state index contributed by atoms with van der Waals surface area (Å²) in [7, 11) is 0. The van der Waals surface area contributed by atoms with Gasteiger partial charge in [0.05, 0.1) is 0 Å². The average Bonchev–Trinajstić information content (AvgIpc) is 2.87. The quantitative estimate of drug-likeness (QED) is 0.787. The van der Waals surface area contributed by atoms with Gasteiger partial charge in [0.2, 0.25) is 0 Å². The van der Waals surface area contributed by atoms with E-state index in [2.05, 4.69) is 9.97 Å². The molecule has 0 amide bonds. The Kier molecular flexibility index (Phi) is 2.50. The fourth-order valence-corrected chi connectivity index (χ4v) is 1.78. The molecular weight excluding hydrogens is 174 g/mol. The van der Waals surface area contributed by atoms with Crippen molar-refractivity contribution in [2.75, 3.05) is 0 Å². The van der Waals surface area contributed by atoms with Crippen LogP contribution in [0.25, 0.3) is 0 Å². The summed E-state index contributed by atoms with van der Waals surface area (Å²) in [5.74, 6) is 1.84. The molecule has 76 valence electrons. The van der Waals surface area contributed by atoms with E-state index in [0.29, 0.717) is 6.54 Å². The molecule has 0 bridgehead atoms. The second-order valence-corrected chi connectivity index (χ2v) is 4.14. The molecular formula is C11H17N3. The maximum Gasteiger partial charge on any atom is 0.129 e. The molecule has 0 saturated heterocycles. The lowest BCUT2D eigenvalue weighted by Crippen LogP contribution is -2.09. The maximum atomic E-state index is 5.64. The first kappa shape index (κ1) is 9.59. The van der Waals surface area contributed by atoms with E-state index in [4.69, 9.17) is 5.73 Å². The first-order chi connectivity index (χ1) is 6.70. The van der Waals surface area contributed by atoms with Gasteiger partial charge in [-0.3, -0.25) is 0 Å². The zero-order valence-electron chi connectivity index (χ0n) is 8.88. The molecule has 0 spiro atoms. The lowest BCUT2D eigenvalue weighted by Gasteiger charge is -2.08. The second kappa shape index (κ2) is 3.65. The number of rotatable bonds is 3. The average molecular weight is 191 g/mol. The van der Waals surface area contributed by atoms with Crippen LogP contribution in [0, 0.1) is 19.8 Å². The molecule has 1 heterocycles. The van der Waals surface area contributed by atoms with Gasteiger partial charge >= 0.3 is 0 Å². The molecule has 3 heteroatoms. The van der Waals surface area contributed by atoms with Crippen LogP contribution >= 0.6 is 0 Å². The Morgan fingerprint density at radius 3 is 2.21 bits per heavy atom. The van der Waals surface area contributed by atoms with Crippen LogP contribution in [0.15, 0.2) is 0 Å². The Morgan fingerprint density at radius 2 is 1.79 bits per heavy atom. The van der Waals surface area contributed by atoms with E-state index < -0.39 is 0 Å². The third-order valence-electron chi connectivity index (χ3n) is 2.84. The van der Waals surface area contributed by atoms with Gasteiger partial charge in [0.15, 0.2) is 0 Å². The van der Waals surface area contributed by atoms with Crippen LogP contribution in [0.3, 0.4) is 0 Å². The molecule has 2 rings (SSSR count). The predicted octanol–water partition coefficient (Wildman–Crippen LogP) is 1.50. The number of nitrogens with two attached hydrogens (primary N) is 1. The molecule has 0 unspecified atom stereocenters. The Hall–Kier alpha value is -0.960. The van der Waals surface area contributed by atoms with Crippen molar-refractivity contribution in [1.29, 1.82) is 0 Å². The fraction of sp³-hybridized carbons (Fsp3) is 0.636. The van der Waals surface area contributed by atoms with E-state index in [1.54, 1.807) is 0 Å². The Bertz CT molecular complexity index is 319. The van der Waals surface area contributed by atoms with E-state index in [0.717, 1.165) is 35.1 Å². The molecule has 0 atom stereocenters. The first-order valence-corrected chi connectivity index (χ1v) is 5.23. The molecule has 1 fully saturated rings. The summed E-state index contributed by atoms with van der Waals surface area (Å²) in [6.45, 7) is 4.59. The van der Waals surface area contributed by atoms with Gasteiger partial charge in [-0.05, 0) is 32.6 Å². The van der Waals surface area contributed by atoms with Crippen molar-refractivity contribution in [2.45, 2.75) is 39.7 Å². The lowest BCUT2D eigenvalue weighted by atomic mass is 10.1. The van der Waals surface area contributed by atoms with Gasteiger partial charge in [-0.15, -0.1) is 0 Å². The summed E-state index contributed by atoms with van der Waals surface area (Å²) in [5, 5.41) is 0. The summed E-state index contributed by atoms with van der Waals surface area (Å²) >= 11 is 0. The lowest BCUT2D eigenvalue weighted by molar-refractivity contribution is 0.748. The molecule has 14 heavy (non-hydrogen) atoms. The Labute approximate surface area is 84.8 Å². The Morgan fingerprint density at radius 1 is 1.21 bits per heavy atom. The van der Waals surface area contributed by atoms with Crippen molar-refractivity contribution in [2.24, 2.45) is 11.7 Å². The van der Waals surface area contributed by atoms with E-state index >= 15 is 0 Å². The van der Waals surface area contributed by atoms with Crippen molar-refractivity contribution in [3.8, 4) is 0 Å². The number of aryl methyl sites for hydroxylation is 2. The molecule has 0 radical (unpaired) electrons. The zero-order valence-corrected chi connectivity index (χ0v) is 8.88.